The molecule has 6 heteroatoms. The Hall–Kier alpha value is -3.12. The van der Waals surface area contributed by atoms with Gasteiger partial charge in [-0.25, -0.2) is 0 Å². The number of anilines is 1. The van der Waals surface area contributed by atoms with Gasteiger partial charge in [0.15, 0.2) is 0 Å². The van der Waals surface area contributed by atoms with Crippen molar-refractivity contribution in [2.24, 2.45) is 5.92 Å². The van der Waals surface area contributed by atoms with E-state index >= 15 is 0 Å². The Labute approximate surface area is 189 Å². The molecule has 2 aromatic carbocycles. The number of hydrogen-bond acceptors (Lipinski definition) is 5. The number of benzene rings is 2. The number of amides is 1. The van der Waals surface area contributed by atoms with Crippen molar-refractivity contribution in [3.63, 3.8) is 0 Å². The first-order valence-corrected chi connectivity index (χ1v) is 11.2. The van der Waals surface area contributed by atoms with Crippen LogP contribution in [0, 0.1) is 12.8 Å². The third kappa shape index (κ3) is 5.02. The first-order valence-electron chi connectivity index (χ1n) is 11.2. The standard InChI is InChI=1S/C26H31N3O3/c1-19(2)25(30)29(17-21-9-5-4-6-10-21)18-23-24(22-11-7-8-20(3)16-22)27-32-26(23)28-12-14-31-15-13-28/h4-11,16,19H,12-15,17-18H2,1-3H3. The predicted molar refractivity (Wildman–Crippen MR) is 125 cm³/mol. The van der Waals surface area contributed by atoms with Gasteiger partial charge in [-0.3, -0.25) is 4.79 Å². The fourth-order valence-corrected chi connectivity index (χ4v) is 4.05. The van der Waals surface area contributed by atoms with Crippen molar-refractivity contribution >= 4 is 11.8 Å². The van der Waals surface area contributed by atoms with Crippen molar-refractivity contribution in [1.29, 1.82) is 0 Å². The molecule has 3 aromatic rings. The van der Waals surface area contributed by atoms with E-state index in [2.05, 4.69) is 41.2 Å². The highest BCUT2D eigenvalue weighted by atomic mass is 16.5. The van der Waals surface area contributed by atoms with Gasteiger partial charge in [0, 0.05) is 31.1 Å². The van der Waals surface area contributed by atoms with Crippen LogP contribution in [0.25, 0.3) is 11.3 Å². The zero-order valence-corrected chi connectivity index (χ0v) is 19.1. The van der Waals surface area contributed by atoms with Crippen molar-refractivity contribution < 1.29 is 14.1 Å². The molecule has 4 rings (SSSR count). The minimum Gasteiger partial charge on any atom is -0.378 e. The number of ether oxygens (including phenoxy) is 1. The topological polar surface area (TPSA) is 58.8 Å². The molecule has 1 aliphatic heterocycles. The lowest BCUT2D eigenvalue weighted by molar-refractivity contribution is -0.135. The summed E-state index contributed by atoms with van der Waals surface area (Å²) >= 11 is 0. The third-order valence-electron chi connectivity index (χ3n) is 5.73. The van der Waals surface area contributed by atoms with Gasteiger partial charge < -0.3 is 19.1 Å². The second kappa shape index (κ2) is 10.0. The third-order valence-corrected chi connectivity index (χ3v) is 5.73. The first-order chi connectivity index (χ1) is 15.5. The van der Waals surface area contributed by atoms with Crippen LogP contribution in [0.3, 0.4) is 0 Å². The molecule has 1 saturated heterocycles. The van der Waals surface area contributed by atoms with Gasteiger partial charge in [-0.1, -0.05) is 73.1 Å². The summed E-state index contributed by atoms with van der Waals surface area (Å²) in [7, 11) is 0. The highest BCUT2D eigenvalue weighted by Crippen LogP contribution is 2.34. The molecule has 1 amide bonds. The van der Waals surface area contributed by atoms with Crippen LogP contribution < -0.4 is 4.90 Å². The van der Waals surface area contributed by atoms with E-state index in [4.69, 9.17) is 9.26 Å². The van der Waals surface area contributed by atoms with Crippen LogP contribution in [-0.2, 0) is 22.6 Å². The average Bonchev–Trinajstić information content (AvgIpc) is 3.23. The van der Waals surface area contributed by atoms with E-state index < -0.39 is 0 Å². The molecular formula is C26H31N3O3. The molecule has 1 aromatic heterocycles. The second-order valence-corrected chi connectivity index (χ2v) is 8.62. The fraction of sp³-hybridized carbons (Fsp3) is 0.385. The maximum atomic E-state index is 13.2. The number of morpholine rings is 1. The van der Waals surface area contributed by atoms with Crippen LogP contribution in [0.5, 0.6) is 0 Å². The fourth-order valence-electron chi connectivity index (χ4n) is 4.05. The number of nitrogens with zero attached hydrogens (tertiary/aromatic N) is 3. The summed E-state index contributed by atoms with van der Waals surface area (Å²) in [5, 5.41) is 4.47. The lowest BCUT2D eigenvalue weighted by Gasteiger charge is -2.29. The van der Waals surface area contributed by atoms with Gasteiger partial charge in [-0.2, -0.15) is 0 Å². The molecule has 1 fully saturated rings. The summed E-state index contributed by atoms with van der Waals surface area (Å²) in [5.41, 5.74) is 5.00. The predicted octanol–water partition coefficient (Wildman–Crippen LogP) is 4.67. The Balaban J connectivity index is 1.74. The summed E-state index contributed by atoms with van der Waals surface area (Å²) in [5.74, 6) is 0.741. The van der Waals surface area contributed by atoms with Crippen LogP contribution in [-0.4, -0.2) is 42.3 Å². The molecule has 0 unspecified atom stereocenters. The Kier molecular flexibility index (Phi) is 6.90. The number of aromatic nitrogens is 1. The molecule has 6 nitrogen and oxygen atoms in total. The highest BCUT2D eigenvalue weighted by molar-refractivity contribution is 5.79. The van der Waals surface area contributed by atoms with E-state index in [9.17, 15) is 4.79 Å². The molecule has 1 aliphatic rings. The Morgan fingerprint density at radius 1 is 1.06 bits per heavy atom. The molecule has 0 aliphatic carbocycles. The van der Waals surface area contributed by atoms with Crippen LogP contribution in [0.4, 0.5) is 5.88 Å². The quantitative estimate of drug-likeness (QED) is 0.542. The van der Waals surface area contributed by atoms with Gasteiger partial charge in [0.25, 0.3) is 0 Å². The van der Waals surface area contributed by atoms with Crippen molar-refractivity contribution in [3.05, 3.63) is 71.3 Å². The van der Waals surface area contributed by atoms with Gasteiger partial charge in [0.1, 0.15) is 5.69 Å². The lowest BCUT2D eigenvalue weighted by atomic mass is 10.0. The Morgan fingerprint density at radius 3 is 2.50 bits per heavy atom. The minimum atomic E-state index is -0.104. The summed E-state index contributed by atoms with van der Waals surface area (Å²) in [6, 6.07) is 18.4. The average molecular weight is 434 g/mol. The molecule has 0 spiro atoms. The normalized spacial score (nSPS) is 14.1. The second-order valence-electron chi connectivity index (χ2n) is 8.62. The van der Waals surface area contributed by atoms with Gasteiger partial charge in [-0.15, -0.1) is 0 Å². The maximum absolute atomic E-state index is 13.2. The summed E-state index contributed by atoms with van der Waals surface area (Å²) in [6.45, 7) is 9.71. The van der Waals surface area contributed by atoms with E-state index in [1.807, 2.05) is 49.1 Å². The largest absolute Gasteiger partial charge is 0.378 e. The van der Waals surface area contributed by atoms with E-state index in [0.717, 1.165) is 46.9 Å². The summed E-state index contributed by atoms with van der Waals surface area (Å²) < 4.78 is 11.4. The number of aryl methyl sites for hydroxylation is 1. The molecule has 0 saturated carbocycles. The first kappa shape index (κ1) is 22.1. The van der Waals surface area contributed by atoms with Crippen LogP contribution in [0.1, 0.15) is 30.5 Å². The number of rotatable bonds is 7. The number of hydrogen-bond donors (Lipinski definition) is 0. The molecule has 0 N–H and O–H groups in total. The zero-order valence-electron chi connectivity index (χ0n) is 19.1. The van der Waals surface area contributed by atoms with Crippen molar-refractivity contribution in [1.82, 2.24) is 10.1 Å². The van der Waals surface area contributed by atoms with Crippen molar-refractivity contribution in [2.75, 3.05) is 31.2 Å². The van der Waals surface area contributed by atoms with Gasteiger partial charge in [-0.05, 0) is 18.6 Å². The Bertz CT molecular complexity index is 1040. The van der Waals surface area contributed by atoms with E-state index in [0.29, 0.717) is 26.3 Å². The molecule has 2 heterocycles. The number of carbonyl (C=O) groups is 1. The van der Waals surface area contributed by atoms with E-state index in [-0.39, 0.29) is 11.8 Å². The SMILES string of the molecule is Cc1cccc(-c2noc(N3CCOCC3)c2CN(Cc2ccccc2)C(=O)C(C)C)c1. The number of carbonyl (C=O) groups excluding carboxylic acids is 1. The van der Waals surface area contributed by atoms with Gasteiger partial charge >= 0.3 is 0 Å². The lowest BCUT2D eigenvalue weighted by Crippen LogP contribution is -2.38. The van der Waals surface area contributed by atoms with E-state index in [1.165, 1.54) is 0 Å². The van der Waals surface area contributed by atoms with Crippen molar-refractivity contribution in [3.8, 4) is 11.3 Å². The maximum Gasteiger partial charge on any atom is 0.233 e. The van der Waals surface area contributed by atoms with Crippen LogP contribution in [0.2, 0.25) is 0 Å². The molecule has 32 heavy (non-hydrogen) atoms. The Morgan fingerprint density at radius 2 is 1.81 bits per heavy atom. The van der Waals surface area contributed by atoms with Crippen molar-refractivity contribution in [2.45, 2.75) is 33.9 Å². The van der Waals surface area contributed by atoms with Crippen LogP contribution in [0.15, 0.2) is 59.1 Å². The summed E-state index contributed by atoms with van der Waals surface area (Å²) in [4.78, 5) is 17.3. The van der Waals surface area contributed by atoms with E-state index in [1.54, 1.807) is 0 Å². The smallest absolute Gasteiger partial charge is 0.233 e. The minimum absolute atomic E-state index is 0.104. The molecule has 0 bridgehead atoms. The molecule has 168 valence electrons. The molecular weight excluding hydrogens is 402 g/mol. The summed E-state index contributed by atoms with van der Waals surface area (Å²) in [6.07, 6.45) is 0. The van der Waals surface area contributed by atoms with Gasteiger partial charge in [0.05, 0.1) is 25.3 Å². The van der Waals surface area contributed by atoms with Crippen LogP contribution >= 0.6 is 0 Å². The highest BCUT2D eigenvalue weighted by Gasteiger charge is 2.28. The zero-order chi connectivity index (χ0) is 22.5. The van der Waals surface area contributed by atoms with Gasteiger partial charge in [0.2, 0.25) is 11.8 Å². The molecule has 0 atom stereocenters. The molecule has 0 radical (unpaired) electrons. The monoisotopic (exact) mass is 433 g/mol.